The zero-order valence-electron chi connectivity index (χ0n) is 18.7. The second-order valence-corrected chi connectivity index (χ2v) is 8.82. The van der Waals surface area contributed by atoms with Crippen LogP contribution in [0.4, 0.5) is 0 Å². The van der Waals surface area contributed by atoms with E-state index in [-0.39, 0.29) is 11.9 Å². The molecule has 32 heavy (non-hydrogen) atoms. The Hall–Kier alpha value is -3.34. The Balaban J connectivity index is 1.36. The molecule has 3 aromatic rings. The van der Waals surface area contributed by atoms with Crippen LogP contribution < -0.4 is 5.73 Å². The summed E-state index contributed by atoms with van der Waals surface area (Å²) in [6.07, 6.45) is 8.36. The molecule has 2 unspecified atom stereocenters. The third-order valence-electron chi connectivity index (χ3n) is 6.67. The SMILES string of the molecule is CC1CC(Cn2ccc3cc(/C(C=N)=C/N)ccc32)CCN1C(=O)CCc1ccccc1. The molecule has 3 N–H and O–H groups in total. The number of amides is 1. The van der Waals surface area contributed by atoms with Crippen LogP contribution in [0.2, 0.25) is 0 Å². The maximum Gasteiger partial charge on any atom is 0.223 e. The van der Waals surface area contributed by atoms with E-state index < -0.39 is 0 Å². The molecule has 1 amide bonds. The molecule has 0 radical (unpaired) electrons. The lowest BCUT2D eigenvalue weighted by Crippen LogP contribution is -2.45. The Labute approximate surface area is 190 Å². The summed E-state index contributed by atoms with van der Waals surface area (Å²) < 4.78 is 2.32. The molecule has 1 saturated heterocycles. The van der Waals surface area contributed by atoms with Crippen molar-refractivity contribution in [1.82, 2.24) is 9.47 Å². The van der Waals surface area contributed by atoms with Gasteiger partial charge in [0.25, 0.3) is 0 Å². The van der Waals surface area contributed by atoms with E-state index in [0.29, 0.717) is 12.3 Å². The van der Waals surface area contributed by atoms with Gasteiger partial charge in [0.1, 0.15) is 0 Å². The van der Waals surface area contributed by atoms with Crippen LogP contribution in [0.25, 0.3) is 16.5 Å². The monoisotopic (exact) mass is 428 g/mol. The Morgan fingerprint density at radius 2 is 2.00 bits per heavy atom. The van der Waals surface area contributed by atoms with Gasteiger partial charge in [-0.05, 0) is 61.4 Å². The Morgan fingerprint density at radius 1 is 1.19 bits per heavy atom. The summed E-state index contributed by atoms with van der Waals surface area (Å²) in [5, 5.41) is 8.67. The van der Waals surface area contributed by atoms with Gasteiger partial charge < -0.3 is 20.6 Å². The zero-order valence-corrected chi connectivity index (χ0v) is 18.7. The molecule has 1 aliphatic heterocycles. The van der Waals surface area contributed by atoms with Crippen molar-refractivity contribution in [2.24, 2.45) is 11.7 Å². The van der Waals surface area contributed by atoms with Gasteiger partial charge in [-0.1, -0.05) is 36.4 Å². The van der Waals surface area contributed by atoms with E-state index in [9.17, 15) is 4.79 Å². The molecule has 2 atom stereocenters. The Morgan fingerprint density at radius 3 is 2.72 bits per heavy atom. The van der Waals surface area contributed by atoms with E-state index >= 15 is 0 Å². The summed E-state index contributed by atoms with van der Waals surface area (Å²) in [5.74, 6) is 0.827. The third-order valence-corrected chi connectivity index (χ3v) is 6.67. The predicted octanol–water partition coefficient (Wildman–Crippen LogP) is 4.85. The molecule has 166 valence electrons. The van der Waals surface area contributed by atoms with E-state index in [1.807, 2.05) is 24.3 Å². The standard InChI is InChI=1S/C27H32N4O/c1-20-15-22(11-14-31(20)27(32)10-7-21-5-3-2-4-6-21)19-30-13-12-24-16-23(8-9-26(24)30)25(17-28)18-29/h2-6,8-9,12-13,16-18,20,22,28H,7,10-11,14-15,19,29H2,1H3/b25-18+,28-17?. The van der Waals surface area contributed by atoms with Gasteiger partial charge in [-0.2, -0.15) is 0 Å². The van der Waals surface area contributed by atoms with Crippen molar-refractivity contribution in [3.05, 3.63) is 78.1 Å². The fourth-order valence-corrected chi connectivity index (χ4v) is 4.89. The number of hydrogen-bond acceptors (Lipinski definition) is 3. The van der Waals surface area contributed by atoms with Gasteiger partial charge >= 0.3 is 0 Å². The van der Waals surface area contributed by atoms with Crippen molar-refractivity contribution < 1.29 is 4.79 Å². The fourth-order valence-electron chi connectivity index (χ4n) is 4.89. The molecule has 1 aliphatic rings. The number of benzene rings is 2. The number of hydrogen-bond donors (Lipinski definition) is 2. The number of nitrogens with one attached hydrogen (secondary N) is 1. The van der Waals surface area contributed by atoms with Crippen molar-refractivity contribution in [1.29, 1.82) is 5.41 Å². The smallest absolute Gasteiger partial charge is 0.223 e. The number of aromatic nitrogens is 1. The number of nitrogens with two attached hydrogens (primary N) is 1. The molecule has 0 saturated carbocycles. The third kappa shape index (κ3) is 4.77. The molecule has 1 aromatic heterocycles. The van der Waals surface area contributed by atoms with E-state index in [1.165, 1.54) is 23.5 Å². The van der Waals surface area contributed by atoms with E-state index in [2.05, 4.69) is 52.9 Å². The van der Waals surface area contributed by atoms with Crippen molar-refractivity contribution in [3.63, 3.8) is 0 Å². The molecule has 4 rings (SSSR count). The number of aryl methyl sites for hydroxylation is 1. The van der Waals surface area contributed by atoms with Gasteiger partial charge in [0, 0.05) is 60.6 Å². The van der Waals surface area contributed by atoms with E-state index in [0.717, 1.165) is 48.9 Å². The number of piperidine rings is 1. The lowest BCUT2D eigenvalue weighted by atomic mass is 9.91. The number of carbonyl (C=O) groups is 1. The van der Waals surface area contributed by atoms with Crippen LogP contribution >= 0.6 is 0 Å². The minimum absolute atomic E-state index is 0.272. The zero-order chi connectivity index (χ0) is 22.5. The topological polar surface area (TPSA) is 75.1 Å². The van der Waals surface area contributed by atoms with Crippen molar-refractivity contribution in [2.75, 3.05) is 6.54 Å². The summed E-state index contributed by atoms with van der Waals surface area (Å²) in [4.78, 5) is 14.9. The number of nitrogens with zero attached hydrogens (tertiary/aromatic N) is 2. The molecular formula is C27H32N4O. The van der Waals surface area contributed by atoms with Crippen LogP contribution in [0.1, 0.15) is 37.3 Å². The lowest BCUT2D eigenvalue weighted by Gasteiger charge is -2.38. The first-order valence-electron chi connectivity index (χ1n) is 11.4. The highest BCUT2D eigenvalue weighted by Gasteiger charge is 2.28. The van der Waals surface area contributed by atoms with Crippen LogP contribution in [0.15, 0.2) is 67.0 Å². The van der Waals surface area contributed by atoms with Gasteiger partial charge in [-0.25, -0.2) is 0 Å². The summed E-state index contributed by atoms with van der Waals surface area (Å²) in [6, 6.07) is 18.9. The molecule has 2 aromatic carbocycles. The van der Waals surface area contributed by atoms with Gasteiger partial charge in [0.2, 0.25) is 5.91 Å². The number of fused-ring (bicyclic) bond motifs is 1. The predicted molar refractivity (Wildman–Crippen MR) is 132 cm³/mol. The highest BCUT2D eigenvalue weighted by Crippen LogP contribution is 2.28. The molecule has 5 heteroatoms. The molecule has 5 nitrogen and oxygen atoms in total. The number of allylic oxidation sites excluding steroid dienone is 1. The van der Waals surface area contributed by atoms with E-state index in [1.54, 1.807) is 0 Å². The molecule has 0 spiro atoms. The molecule has 1 fully saturated rings. The van der Waals surface area contributed by atoms with E-state index in [4.69, 9.17) is 11.1 Å². The minimum Gasteiger partial charge on any atom is -0.404 e. The first-order valence-corrected chi connectivity index (χ1v) is 11.4. The molecule has 0 bridgehead atoms. The average molecular weight is 429 g/mol. The van der Waals surface area contributed by atoms with Gasteiger partial charge in [0.05, 0.1) is 0 Å². The van der Waals surface area contributed by atoms with Crippen LogP contribution in [0.3, 0.4) is 0 Å². The minimum atomic E-state index is 0.272. The van der Waals surface area contributed by atoms with Crippen LogP contribution in [-0.2, 0) is 17.8 Å². The number of rotatable bonds is 7. The highest BCUT2D eigenvalue weighted by molar-refractivity contribution is 6.09. The highest BCUT2D eigenvalue weighted by atomic mass is 16.2. The van der Waals surface area contributed by atoms with Crippen molar-refractivity contribution in [2.45, 2.75) is 45.2 Å². The van der Waals surface area contributed by atoms with Gasteiger partial charge in [0.15, 0.2) is 0 Å². The first-order chi connectivity index (χ1) is 15.6. The van der Waals surface area contributed by atoms with Crippen LogP contribution in [0, 0.1) is 11.3 Å². The maximum absolute atomic E-state index is 12.8. The lowest BCUT2D eigenvalue weighted by molar-refractivity contribution is -0.135. The number of carbonyl (C=O) groups excluding carboxylic acids is 1. The molecular weight excluding hydrogens is 396 g/mol. The first kappa shape index (κ1) is 21.9. The molecule has 2 heterocycles. The number of likely N-dealkylation sites (tertiary alicyclic amines) is 1. The largest absolute Gasteiger partial charge is 0.404 e. The fraction of sp³-hybridized carbons (Fsp3) is 0.333. The second kappa shape index (κ2) is 9.86. The Bertz CT molecular complexity index is 1120. The average Bonchev–Trinajstić information content (AvgIpc) is 3.21. The van der Waals surface area contributed by atoms with Crippen LogP contribution in [0.5, 0.6) is 0 Å². The van der Waals surface area contributed by atoms with Crippen LogP contribution in [-0.4, -0.2) is 34.2 Å². The van der Waals surface area contributed by atoms with Crippen molar-refractivity contribution >= 4 is 28.6 Å². The maximum atomic E-state index is 12.8. The quantitative estimate of drug-likeness (QED) is 0.528. The van der Waals surface area contributed by atoms with Gasteiger partial charge in [-0.3, -0.25) is 4.79 Å². The normalized spacial score (nSPS) is 19.3. The summed E-state index contributed by atoms with van der Waals surface area (Å²) >= 11 is 0. The Kier molecular flexibility index (Phi) is 6.74. The summed E-state index contributed by atoms with van der Waals surface area (Å²) in [6.45, 7) is 3.99. The summed E-state index contributed by atoms with van der Waals surface area (Å²) in [7, 11) is 0. The molecule has 0 aliphatic carbocycles. The van der Waals surface area contributed by atoms with Crippen molar-refractivity contribution in [3.8, 4) is 0 Å². The summed E-state index contributed by atoms with van der Waals surface area (Å²) in [5.41, 5.74) is 9.74. The van der Waals surface area contributed by atoms with Gasteiger partial charge in [-0.15, -0.1) is 0 Å². The second-order valence-electron chi connectivity index (χ2n) is 8.82.